The summed E-state index contributed by atoms with van der Waals surface area (Å²) in [6.07, 6.45) is 4.42. The van der Waals surface area contributed by atoms with E-state index < -0.39 is 0 Å². The monoisotopic (exact) mass is 314 g/mol. The maximum absolute atomic E-state index is 12.2. The largest absolute Gasteiger partial charge is 0.328 e. The van der Waals surface area contributed by atoms with Crippen LogP contribution in [-0.2, 0) is 9.72 Å². The summed E-state index contributed by atoms with van der Waals surface area (Å²) in [5.41, 5.74) is -0.524. The van der Waals surface area contributed by atoms with Crippen molar-refractivity contribution in [3.05, 3.63) is 32.6 Å². The molecule has 118 valence electrons. The second kappa shape index (κ2) is 6.37. The number of nitrogens with zero attached hydrogens (tertiary/aromatic N) is 1. The van der Waals surface area contributed by atoms with Gasteiger partial charge in [-0.2, -0.15) is 0 Å². The first kappa shape index (κ1) is 16.3. The van der Waals surface area contributed by atoms with Crippen LogP contribution in [0.15, 0.2) is 15.8 Å². The Morgan fingerprint density at radius 1 is 1.52 bits per heavy atom. The Balaban J connectivity index is 2.36. The van der Waals surface area contributed by atoms with Crippen molar-refractivity contribution in [1.29, 1.82) is 0 Å². The minimum atomic E-state index is -0.363. The van der Waals surface area contributed by atoms with Crippen LogP contribution in [0.2, 0.25) is 0 Å². The van der Waals surface area contributed by atoms with Gasteiger partial charge in [0.2, 0.25) is 0 Å². The molecule has 1 fully saturated rings. The molecule has 1 saturated carbocycles. The minimum absolute atomic E-state index is 0.282. The Hall–Kier alpha value is -1.05. The fourth-order valence-corrected chi connectivity index (χ4v) is 3.49. The topological polar surface area (TPSA) is 84.3 Å². The van der Waals surface area contributed by atoms with Crippen LogP contribution in [0.3, 0.4) is 0 Å². The fourth-order valence-electron chi connectivity index (χ4n) is 3.24. The summed E-state index contributed by atoms with van der Waals surface area (Å²) < 4.78 is 15.4. The van der Waals surface area contributed by atoms with Crippen LogP contribution in [0, 0.1) is 18.8 Å². The third-order valence-electron chi connectivity index (χ3n) is 4.80. The van der Waals surface area contributed by atoms with E-state index in [1.807, 2.05) is 0 Å². The number of hydrogen-bond acceptors (Lipinski definition) is 5. The number of nitrogens with one attached hydrogen (secondary N) is 1. The van der Waals surface area contributed by atoms with Gasteiger partial charge < -0.3 is 4.55 Å². The summed E-state index contributed by atoms with van der Waals surface area (Å²) in [4.78, 5) is 26.1. The van der Waals surface area contributed by atoms with Gasteiger partial charge in [0.25, 0.3) is 5.56 Å². The summed E-state index contributed by atoms with van der Waals surface area (Å²) in [6.45, 7) is 6.34. The van der Waals surface area contributed by atoms with E-state index in [2.05, 4.69) is 18.8 Å². The van der Waals surface area contributed by atoms with Crippen LogP contribution < -0.4 is 11.2 Å². The number of rotatable bonds is 4. The van der Waals surface area contributed by atoms with Gasteiger partial charge in [-0.3, -0.25) is 18.5 Å². The number of hydrogen-bond donors (Lipinski definition) is 2. The molecule has 0 bridgehead atoms. The molecule has 2 rings (SSSR count). The highest BCUT2D eigenvalue weighted by molar-refractivity contribution is 7.88. The SMILES string of the molecule is Cc1cn(C2(C)CC(COSO)CCC2C)c(=O)[nH]c1=O. The zero-order chi connectivity index (χ0) is 15.6. The Kier molecular flexibility index (Phi) is 4.95. The van der Waals surface area contributed by atoms with Crippen molar-refractivity contribution in [2.24, 2.45) is 11.8 Å². The predicted molar refractivity (Wildman–Crippen MR) is 82.4 cm³/mol. The van der Waals surface area contributed by atoms with Gasteiger partial charge in [0.15, 0.2) is 12.3 Å². The first-order valence-electron chi connectivity index (χ1n) is 7.14. The molecule has 0 spiro atoms. The Morgan fingerprint density at radius 2 is 2.24 bits per heavy atom. The summed E-state index contributed by atoms with van der Waals surface area (Å²) in [5, 5.41) is 0. The quantitative estimate of drug-likeness (QED) is 0.832. The van der Waals surface area contributed by atoms with Crippen LogP contribution >= 0.6 is 12.3 Å². The van der Waals surface area contributed by atoms with Gasteiger partial charge in [-0.15, -0.1) is 0 Å². The second-order valence-corrected chi connectivity index (χ2v) is 6.59. The maximum Gasteiger partial charge on any atom is 0.328 e. The normalized spacial score (nSPS) is 29.5. The minimum Gasteiger partial charge on any atom is -0.307 e. The molecule has 0 amide bonds. The number of aromatic nitrogens is 2. The Morgan fingerprint density at radius 3 is 2.90 bits per heavy atom. The summed E-state index contributed by atoms with van der Waals surface area (Å²) in [6, 6.07) is 0. The summed E-state index contributed by atoms with van der Waals surface area (Å²) >= 11 is 0.384. The molecule has 6 nitrogen and oxygen atoms in total. The van der Waals surface area contributed by atoms with Crippen molar-refractivity contribution >= 4 is 12.3 Å². The standard InChI is InChI=1S/C14H22N2O4S/c1-9-7-16(13(18)15-12(9)17)14(3)6-11(8-20-21-19)5-4-10(14)2/h7,10-11,19H,4-6,8H2,1-3H3,(H,15,17,18). The van der Waals surface area contributed by atoms with Crippen molar-refractivity contribution in [2.45, 2.75) is 45.6 Å². The van der Waals surface area contributed by atoms with E-state index >= 15 is 0 Å². The van der Waals surface area contributed by atoms with Crippen molar-refractivity contribution in [3.8, 4) is 0 Å². The van der Waals surface area contributed by atoms with Crippen LogP contribution in [0.1, 0.15) is 38.7 Å². The highest BCUT2D eigenvalue weighted by atomic mass is 32.2. The van der Waals surface area contributed by atoms with E-state index in [0.29, 0.717) is 30.4 Å². The molecule has 21 heavy (non-hydrogen) atoms. The predicted octanol–water partition coefficient (Wildman–Crippen LogP) is 2.13. The van der Waals surface area contributed by atoms with Crippen LogP contribution in [0.5, 0.6) is 0 Å². The first-order valence-corrected chi connectivity index (χ1v) is 7.84. The maximum atomic E-state index is 12.2. The van der Waals surface area contributed by atoms with E-state index in [0.717, 1.165) is 19.3 Å². The molecule has 3 unspecified atom stereocenters. The first-order chi connectivity index (χ1) is 9.88. The van der Waals surface area contributed by atoms with Crippen LogP contribution in [-0.4, -0.2) is 20.7 Å². The van der Waals surface area contributed by atoms with Gasteiger partial charge in [0.1, 0.15) is 0 Å². The third kappa shape index (κ3) is 3.25. The van der Waals surface area contributed by atoms with Gasteiger partial charge in [0, 0.05) is 17.3 Å². The molecule has 1 heterocycles. The molecular weight excluding hydrogens is 292 g/mol. The Bertz CT molecular complexity index is 610. The van der Waals surface area contributed by atoms with Gasteiger partial charge in [-0.05, 0) is 44.9 Å². The van der Waals surface area contributed by atoms with E-state index in [-0.39, 0.29) is 22.7 Å². The highest BCUT2D eigenvalue weighted by Crippen LogP contribution is 2.41. The van der Waals surface area contributed by atoms with Crippen LogP contribution in [0.25, 0.3) is 0 Å². The van der Waals surface area contributed by atoms with Gasteiger partial charge >= 0.3 is 5.69 Å². The molecule has 0 aliphatic heterocycles. The molecule has 0 saturated heterocycles. The van der Waals surface area contributed by atoms with Gasteiger partial charge in [0.05, 0.1) is 6.61 Å². The average molecular weight is 314 g/mol. The summed E-state index contributed by atoms with van der Waals surface area (Å²) in [5.74, 6) is 0.600. The van der Waals surface area contributed by atoms with Crippen molar-refractivity contribution in [3.63, 3.8) is 0 Å². The summed E-state index contributed by atoms with van der Waals surface area (Å²) in [7, 11) is 0. The molecule has 7 heteroatoms. The lowest BCUT2D eigenvalue weighted by atomic mass is 9.70. The highest BCUT2D eigenvalue weighted by Gasteiger charge is 2.40. The zero-order valence-electron chi connectivity index (χ0n) is 12.6. The smallest absolute Gasteiger partial charge is 0.307 e. The van der Waals surface area contributed by atoms with Gasteiger partial charge in [-0.25, -0.2) is 4.79 Å². The van der Waals surface area contributed by atoms with E-state index in [1.54, 1.807) is 17.7 Å². The molecule has 0 aromatic carbocycles. The lowest BCUT2D eigenvalue weighted by Gasteiger charge is -2.44. The van der Waals surface area contributed by atoms with E-state index in [4.69, 9.17) is 8.74 Å². The van der Waals surface area contributed by atoms with Crippen molar-refractivity contribution in [2.75, 3.05) is 6.61 Å². The third-order valence-corrected chi connectivity index (χ3v) is 5.04. The second-order valence-electron chi connectivity index (χ2n) is 6.21. The lowest BCUT2D eigenvalue weighted by Crippen LogP contribution is -2.49. The molecule has 1 aliphatic carbocycles. The average Bonchev–Trinajstić information content (AvgIpc) is 2.44. The molecule has 1 aromatic rings. The van der Waals surface area contributed by atoms with Crippen molar-refractivity contribution < 1.29 is 8.74 Å². The number of aromatic amines is 1. The van der Waals surface area contributed by atoms with Gasteiger partial charge in [-0.1, -0.05) is 6.92 Å². The fraction of sp³-hybridized carbons (Fsp3) is 0.714. The van der Waals surface area contributed by atoms with E-state index in [1.165, 1.54) is 0 Å². The number of aryl methyl sites for hydroxylation is 1. The molecule has 1 aliphatic rings. The van der Waals surface area contributed by atoms with E-state index in [9.17, 15) is 9.59 Å². The molecule has 1 aromatic heterocycles. The van der Waals surface area contributed by atoms with Crippen LogP contribution in [0.4, 0.5) is 0 Å². The Labute approximate surface area is 127 Å². The molecule has 0 radical (unpaired) electrons. The molecule has 2 N–H and O–H groups in total. The zero-order valence-corrected chi connectivity index (χ0v) is 13.4. The number of H-pyrrole nitrogens is 1. The van der Waals surface area contributed by atoms with Crippen molar-refractivity contribution in [1.82, 2.24) is 9.55 Å². The molecule has 3 atom stereocenters. The molecular formula is C14H22N2O4S. The lowest BCUT2D eigenvalue weighted by molar-refractivity contribution is 0.0703.